The summed E-state index contributed by atoms with van der Waals surface area (Å²) in [5.41, 5.74) is 2.66. The molecule has 0 spiro atoms. The molecule has 1 aliphatic heterocycles. The number of halogens is 1. The third-order valence-corrected chi connectivity index (χ3v) is 5.76. The van der Waals surface area contributed by atoms with Gasteiger partial charge in [0.1, 0.15) is 10.7 Å². The summed E-state index contributed by atoms with van der Waals surface area (Å²) in [6.07, 6.45) is 1.66. The number of thiazole rings is 1. The summed E-state index contributed by atoms with van der Waals surface area (Å²) in [6, 6.07) is 13.2. The van der Waals surface area contributed by atoms with E-state index in [-0.39, 0.29) is 5.91 Å². The molecule has 0 atom stereocenters. The average Bonchev–Trinajstić information content (AvgIpc) is 3.18. The van der Waals surface area contributed by atoms with Gasteiger partial charge in [0.2, 0.25) is 0 Å². The molecule has 4 rings (SSSR count). The molecule has 1 saturated heterocycles. The molecule has 138 valence electrons. The highest BCUT2D eigenvalue weighted by atomic mass is 35.5. The van der Waals surface area contributed by atoms with Crippen LogP contribution in [0.4, 0.5) is 0 Å². The van der Waals surface area contributed by atoms with Crippen LogP contribution in [0.3, 0.4) is 0 Å². The topological polar surface area (TPSA) is 49.3 Å². The second kappa shape index (κ2) is 8.17. The Morgan fingerprint density at radius 3 is 2.56 bits per heavy atom. The number of hydrogen-bond donors (Lipinski definition) is 0. The van der Waals surface area contributed by atoms with Crippen molar-refractivity contribution >= 4 is 28.8 Å². The van der Waals surface area contributed by atoms with Crippen LogP contribution in [0.2, 0.25) is 5.02 Å². The van der Waals surface area contributed by atoms with Crippen molar-refractivity contribution in [2.24, 2.45) is 0 Å². The first-order chi connectivity index (χ1) is 13.2. The van der Waals surface area contributed by atoms with Crippen molar-refractivity contribution in [3.8, 4) is 10.6 Å². The minimum atomic E-state index is 0.00827. The molecule has 0 unspecified atom stereocenters. The molecule has 2 aromatic heterocycles. The van der Waals surface area contributed by atoms with Gasteiger partial charge in [0.05, 0.1) is 5.69 Å². The maximum atomic E-state index is 12.5. The Kier molecular flexibility index (Phi) is 5.48. The molecule has 1 aliphatic rings. The van der Waals surface area contributed by atoms with Crippen molar-refractivity contribution < 1.29 is 4.79 Å². The Balaban J connectivity index is 1.33. The van der Waals surface area contributed by atoms with Crippen molar-refractivity contribution in [1.29, 1.82) is 0 Å². The summed E-state index contributed by atoms with van der Waals surface area (Å²) >= 11 is 7.60. The lowest BCUT2D eigenvalue weighted by atomic mass is 10.2. The predicted octanol–water partition coefficient (Wildman–Crippen LogP) is 3.82. The van der Waals surface area contributed by atoms with E-state index in [0.717, 1.165) is 40.9 Å². The smallest absolute Gasteiger partial charge is 0.272 e. The molecule has 1 fully saturated rings. The van der Waals surface area contributed by atoms with E-state index >= 15 is 0 Å². The van der Waals surface area contributed by atoms with Gasteiger partial charge >= 0.3 is 0 Å². The molecule has 1 amide bonds. The lowest BCUT2D eigenvalue weighted by molar-refractivity contribution is 0.0621. The maximum absolute atomic E-state index is 12.5. The Morgan fingerprint density at radius 1 is 1.07 bits per heavy atom. The van der Waals surface area contributed by atoms with E-state index in [2.05, 4.69) is 15.3 Å². The van der Waals surface area contributed by atoms with E-state index in [1.165, 1.54) is 0 Å². The summed E-state index contributed by atoms with van der Waals surface area (Å²) < 4.78 is 0. The largest absolute Gasteiger partial charge is 0.335 e. The van der Waals surface area contributed by atoms with Crippen LogP contribution in [0.5, 0.6) is 0 Å². The normalized spacial score (nSPS) is 15.1. The van der Waals surface area contributed by atoms with Gasteiger partial charge in [-0.25, -0.2) is 4.98 Å². The first kappa shape index (κ1) is 18.1. The first-order valence-corrected chi connectivity index (χ1v) is 10.1. The number of carbonyl (C=O) groups is 1. The minimum Gasteiger partial charge on any atom is -0.335 e. The van der Waals surface area contributed by atoms with Crippen LogP contribution in [0, 0.1) is 0 Å². The molecule has 27 heavy (non-hydrogen) atoms. The highest BCUT2D eigenvalue weighted by molar-refractivity contribution is 7.13. The molecule has 0 saturated carbocycles. The van der Waals surface area contributed by atoms with E-state index in [1.807, 2.05) is 41.3 Å². The SMILES string of the molecule is O=C(c1ccccn1)N1CCN(Cc2csc(-c3ccc(Cl)cc3)n2)CC1. The van der Waals surface area contributed by atoms with Crippen molar-refractivity contribution in [3.05, 3.63) is 70.5 Å². The summed E-state index contributed by atoms with van der Waals surface area (Å²) in [5, 5.41) is 3.84. The number of carbonyl (C=O) groups excluding carboxylic acids is 1. The fourth-order valence-electron chi connectivity index (χ4n) is 3.09. The average molecular weight is 399 g/mol. The molecule has 0 aliphatic carbocycles. The Morgan fingerprint density at radius 2 is 1.85 bits per heavy atom. The maximum Gasteiger partial charge on any atom is 0.272 e. The number of amides is 1. The lowest BCUT2D eigenvalue weighted by Gasteiger charge is -2.34. The molecule has 3 heterocycles. The van der Waals surface area contributed by atoms with Gasteiger partial charge in [-0.15, -0.1) is 11.3 Å². The second-order valence-corrected chi connectivity index (χ2v) is 7.73. The molecule has 0 bridgehead atoms. The van der Waals surface area contributed by atoms with Crippen molar-refractivity contribution in [3.63, 3.8) is 0 Å². The predicted molar refractivity (Wildman–Crippen MR) is 108 cm³/mol. The van der Waals surface area contributed by atoms with E-state index < -0.39 is 0 Å². The molecule has 3 aromatic rings. The number of hydrogen-bond acceptors (Lipinski definition) is 5. The third-order valence-electron chi connectivity index (χ3n) is 4.57. The monoisotopic (exact) mass is 398 g/mol. The number of nitrogens with zero attached hydrogens (tertiary/aromatic N) is 4. The van der Waals surface area contributed by atoms with Gasteiger partial charge in [0, 0.05) is 54.9 Å². The Bertz CT molecular complexity index is 905. The summed E-state index contributed by atoms with van der Waals surface area (Å²) in [5.74, 6) is 0.00827. The van der Waals surface area contributed by atoms with Crippen LogP contribution in [-0.2, 0) is 6.54 Å². The van der Waals surface area contributed by atoms with Crippen LogP contribution < -0.4 is 0 Å². The summed E-state index contributed by atoms with van der Waals surface area (Å²) in [7, 11) is 0. The van der Waals surface area contributed by atoms with E-state index in [0.29, 0.717) is 18.8 Å². The first-order valence-electron chi connectivity index (χ1n) is 8.82. The van der Waals surface area contributed by atoms with Crippen molar-refractivity contribution in [1.82, 2.24) is 19.8 Å². The molecule has 7 heteroatoms. The number of pyridine rings is 1. The zero-order valence-electron chi connectivity index (χ0n) is 14.7. The minimum absolute atomic E-state index is 0.00827. The molecular weight excluding hydrogens is 380 g/mol. The summed E-state index contributed by atoms with van der Waals surface area (Å²) in [4.78, 5) is 25.6. The van der Waals surface area contributed by atoms with E-state index in [4.69, 9.17) is 16.6 Å². The summed E-state index contributed by atoms with van der Waals surface area (Å²) in [6.45, 7) is 3.90. The fraction of sp³-hybridized carbons (Fsp3) is 0.250. The standard InChI is InChI=1S/C20H19ClN4OS/c21-16-6-4-15(5-7-16)19-23-17(14-27-19)13-24-9-11-25(12-10-24)20(26)18-3-1-2-8-22-18/h1-8,14H,9-13H2. The second-order valence-electron chi connectivity index (χ2n) is 6.43. The molecule has 0 radical (unpaired) electrons. The van der Waals surface area contributed by atoms with Gasteiger partial charge in [-0.05, 0) is 24.3 Å². The van der Waals surface area contributed by atoms with Crippen LogP contribution in [-0.4, -0.2) is 51.9 Å². The zero-order valence-corrected chi connectivity index (χ0v) is 16.3. The quantitative estimate of drug-likeness (QED) is 0.670. The molecular formula is C20H19ClN4OS. The van der Waals surface area contributed by atoms with Crippen LogP contribution in [0.15, 0.2) is 54.0 Å². The number of rotatable bonds is 4. The number of aromatic nitrogens is 2. The van der Waals surface area contributed by atoms with Gasteiger partial charge in [-0.1, -0.05) is 29.8 Å². The van der Waals surface area contributed by atoms with E-state index in [9.17, 15) is 4.79 Å². The van der Waals surface area contributed by atoms with Gasteiger partial charge in [0.15, 0.2) is 0 Å². The van der Waals surface area contributed by atoms with Crippen molar-refractivity contribution in [2.75, 3.05) is 26.2 Å². The number of piperazine rings is 1. The molecule has 5 nitrogen and oxygen atoms in total. The van der Waals surface area contributed by atoms with E-state index in [1.54, 1.807) is 23.6 Å². The van der Waals surface area contributed by atoms with Gasteiger partial charge in [-0.2, -0.15) is 0 Å². The van der Waals surface area contributed by atoms with Crippen LogP contribution in [0.25, 0.3) is 10.6 Å². The van der Waals surface area contributed by atoms with Gasteiger partial charge in [0.25, 0.3) is 5.91 Å². The van der Waals surface area contributed by atoms with Crippen LogP contribution >= 0.6 is 22.9 Å². The third kappa shape index (κ3) is 4.35. The Hall–Kier alpha value is -2.28. The molecule has 0 N–H and O–H groups in total. The van der Waals surface area contributed by atoms with Gasteiger partial charge < -0.3 is 4.90 Å². The highest BCUT2D eigenvalue weighted by Crippen LogP contribution is 2.25. The highest BCUT2D eigenvalue weighted by Gasteiger charge is 2.23. The van der Waals surface area contributed by atoms with Gasteiger partial charge in [-0.3, -0.25) is 14.7 Å². The zero-order chi connectivity index (χ0) is 18.6. The van der Waals surface area contributed by atoms with Crippen LogP contribution in [0.1, 0.15) is 16.2 Å². The molecule has 1 aromatic carbocycles. The van der Waals surface area contributed by atoms with Crippen molar-refractivity contribution in [2.45, 2.75) is 6.54 Å². The fourth-order valence-corrected chi connectivity index (χ4v) is 4.04. The Labute approximate surface area is 167 Å². The lowest BCUT2D eigenvalue weighted by Crippen LogP contribution is -2.48. The number of benzene rings is 1.